The van der Waals surface area contributed by atoms with E-state index in [1.807, 2.05) is 12.4 Å². The molecule has 0 aromatic carbocycles. The van der Waals surface area contributed by atoms with Crippen LogP contribution in [0.5, 0.6) is 0 Å². The van der Waals surface area contributed by atoms with Crippen molar-refractivity contribution in [2.24, 2.45) is 5.92 Å². The number of pyridine rings is 1. The fourth-order valence-electron chi connectivity index (χ4n) is 3.06. The first-order valence-corrected chi connectivity index (χ1v) is 5.83. The van der Waals surface area contributed by atoms with Crippen LogP contribution in [0.25, 0.3) is 0 Å². The van der Waals surface area contributed by atoms with Crippen LogP contribution in [0, 0.1) is 5.92 Å². The van der Waals surface area contributed by atoms with Gasteiger partial charge in [-0.1, -0.05) is 6.92 Å². The number of nitrogens with zero attached hydrogens (tertiary/aromatic N) is 1. The fourth-order valence-corrected chi connectivity index (χ4v) is 3.06. The van der Waals surface area contributed by atoms with E-state index in [2.05, 4.69) is 18.0 Å². The zero-order chi connectivity index (χ0) is 10.3. The molecule has 0 saturated carbocycles. The number of hydrogen-bond acceptors (Lipinski definition) is 2. The number of rotatable bonds is 0. The van der Waals surface area contributed by atoms with Gasteiger partial charge in [0.25, 0.3) is 0 Å². The first-order valence-electron chi connectivity index (χ1n) is 5.83. The summed E-state index contributed by atoms with van der Waals surface area (Å²) in [6.45, 7) is 3.27. The summed E-state index contributed by atoms with van der Waals surface area (Å²) < 4.78 is 6.05. The van der Waals surface area contributed by atoms with Gasteiger partial charge in [0.1, 0.15) is 0 Å². The van der Waals surface area contributed by atoms with E-state index < -0.39 is 0 Å². The number of aromatic nitrogens is 1. The van der Waals surface area contributed by atoms with Gasteiger partial charge in [0, 0.05) is 31.8 Å². The van der Waals surface area contributed by atoms with Gasteiger partial charge in [0.2, 0.25) is 0 Å². The Morgan fingerprint density at radius 1 is 1.40 bits per heavy atom. The van der Waals surface area contributed by atoms with Crippen LogP contribution in [0.4, 0.5) is 0 Å². The molecule has 1 aromatic rings. The molecule has 0 radical (unpaired) electrons. The first-order chi connectivity index (χ1) is 7.27. The molecular formula is C13H17NO. The highest BCUT2D eigenvalue weighted by atomic mass is 16.5. The second-order valence-electron chi connectivity index (χ2n) is 5.13. The second-order valence-corrected chi connectivity index (χ2v) is 5.13. The minimum atomic E-state index is 0.114. The van der Waals surface area contributed by atoms with Crippen molar-refractivity contribution in [3.8, 4) is 0 Å². The minimum absolute atomic E-state index is 0.114. The van der Waals surface area contributed by atoms with E-state index in [0.29, 0.717) is 0 Å². The van der Waals surface area contributed by atoms with Gasteiger partial charge in [0.15, 0.2) is 0 Å². The highest BCUT2D eigenvalue weighted by molar-refractivity contribution is 5.33. The maximum absolute atomic E-state index is 6.05. The lowest BCUT2D eigenvalue weighted by molar-refractivity contribution is -0.0874. The Hall–Kier alpha value is -0.890. The van der Waals surface area contributed by atoms with Crippen LogP contribution in [-0.2, 0) is 17.6 Å². The summed E-state index contributed by atoms with van der Waals surface area (Å²) in [6, 6.07) is 2.15. The molecule has 0 amide bonds. The van der Waals surface area contributed by atoms with Gasteiger partial charge >= 0.3 is 0 Å². The third-order valence-corrected chi connectivity index (χ3v) is 3.77. The molecule has 1 aliphatic heterocycles. The van der Waals surface area contributed by atoms with Crippen LogP contribution in [0.15, 0.2) is 18.5 Å². The monoisotopic (exact) mass is 203 g/mol. The van der Waals surface area contributed by atoms with Crippen LogP contribution in [-0.4, -0.2) is 17.2 Å². The Morgan fingerprint density at radius 2 is 2.27 bits per heavy atom. The van der Waals surface area contributed by atoms with Crippen LogP contribution in [0.2, 0.25) is 0 Å². The highest BCUT2D eigenvalue weighted by Gasteiger charge is 2.41. The molecule has 0 N–H and O–H groups in total. The van der Waals surface area contributed by atoms with Crippen LogP contribution in [0.1, 0.15) is 30.9 Å². The lowest BCUT2D eigenvalue weighted by Gasteiger charge is -2.37. The Kier molecular flexibility index (Phi) is 2.06. The van der Waals surface area contributed by atoms with Crippen molar-refractivity contribution in [2.75, 3.05) is 6.61 Å². The van der Waals surface area contributed by atoms with Crippen LogP contribution >= 0.6 is 0 Å². The number of hydrogen-bond donors (Lipinski definition) is 0. The average Bonchev–Trinajstić information content (AvgIpc) is 2.54. The summed E-state index contributed by atoms with van der Waals surface area (Å²) >= 11 is 0. The number of ether oxygens (including phenoxy) is 1. The molecule has 2 nitrogen and oxygen atoms in total. The predicted molar refractivity (Wildman–Crippen MR) is 58.7 cm³/mol. The summed E-state index contributed by atoms with van der Waals surface area (Å²) in [5, 5.41) is 0. The van der Waals surface area contributed by atoms with E-state index in [9.17, 15) is 0 Å². The van der Waals surface area contributed by atoms with Gasteiger partial charge in [-0.25, -0.2) is 0 Å². The van der Waals surface area contributed by atoms with Gasteiger partial charge in [-0.3, -0.25) is 4.98 Å². The molecule has 80 valence electrons. The normalized spacial score (nSPS) is 34.3. The van der Waals surface area contributed by atoms with Gasteiger partial charge in [-0.2, -0.15) is 0 Å². The Balaban J connectivity index is 1.87. The molecule has 3 rings (SSSR count). The van der Waals surface area contributed by atoms with Crippen LogP contribution < -0.4 is 0 Å². The molecule has 2 heterocycles. The molecule has 2 aliphatic rings. The Morgan fingerprint density at radius 3 is 3.07 bits per heavy atom. The molecule has 0 bridgehead atoms. The second kappa shape index (κ2) is 3.31. The van der Waals surface area contributed by atoms with Gasteiger partial charge in [-0.15, -0.1) is 0 Å². The van der Waals surface area contributed by atoms with Crippen molar-refractivity contribution < 1.29 is 4.74 Å². The fraction of sp³-hybridized carbons (Fsp3) is 0.615. The summed E-state index contributed by atoms with van der Waals surface area (Å²) in [4.78, 5) is 4.20. The van der Waals surface area contributed by atoms with Crippen LogP contribution in [0.3, 0.4) is 0 Å². The lowest BCUT2D eigenvalue weighted by Crippen LogP contribution is -2.39. The van der Waals surface area contributed by atoms with Crippen molar-refractivity contribution >= 4 is 0 Å². The molecule has 15 heavy (non-hydrogen) atoms. The maximum Gasteiger partial charge on any atom is 0.0766 e. The molecule has 1 aliphatic carbocycles. The van der Waals surface area contributed by atoms with Gasteiger partial charge < -0.3 is 4.74 Å². The Bertz CT molecular complexity index is 350. The molecule has 1 saturated heterocycles. The zero-order valence-electron chi connectivity index (χ0n) is 9.20. The molecule has 2 heteroatoms. The summed E-state index contributed by atoms with van der Waals surface area (Å²) in [5.74, 6) is 0.807. The average molecular weight is 203 g/mol. The maximum atomic E-state index is 6.05. The lowest BCUT2D eigenvalue weighted by atomic mass is 9.85. The van der Waals surface area contributed by atoms with Gasteiger partial charge in [0.05, 0.1) is 5.60 Å². The van der Waals surface area contributed by atoms with Crippen molar-refractivity contribution in [3.63, 3.8) is 0 Å². The third kappa shape index (κ3) is 1.57. The smallest absolute Gasteiger partial charge is 0.0766 e. The van der Waals surface area contributed by atoms with E-state index in [1.54, 1.807) is 0 Å². The number of fused-ring (bicyclic) bond motifs is 1. The molecular weight excluding hydrogens is 186 g/mol. The first kappa shape index (κ1) is 9.34. The topological polar surface area (TPSA) is 22.1 Å². The molecule has 1 fully saturated rings. The largest absolute Gasteiger partial charge is 0.374 e. The van der Waals surface area contributed by atoms with Crippen molar-refractivity contribution in [2.45, 2.75) is 38.2 Å². The highest BCUT2D eigenvalue weighted by Crippen LogP contribution is 2.40. The minimum Gasteiger partial charge on any atom is -0.374 e. The van der Waals surface area contributed by atoms with Crippen molar-refractivity contribution in [3.05, 3.63) is 29.6 Å². The molecule has 1 aromatic heterocycles. The predicted octanol–water partition coefficient (Wildman–Crippen LogP) is 2.37. The molecule has 2 atom stereocenters. The third-order valence-electron chi connectivity index (χ3n) is 3.77. The SMILES string of the molecule is CC1CCOC2(Cc3ccncc3C2)C1. The van der Waals surface area contributed by atoms with E-state index >= 15 is 0 Å². The summed E-state index contributed by atoms with van der Waals surface area (Å²) in [5.41, 5.74) is 2.95. The van der Waals surface area contributed by atoms with Crippen molar-refractivity contribution in [1.29, 1.82) is 0 Å². The summed E-state index contributed by atoms with van der Waals surface area (Å²) in [7, 11) is 0. The quantitative estimate of drug-likeness (QED) is 0.645. The van der Waals surface area contributed by atoms with E-state index in [-0.39, 0.29) is 5.60 Å². The van der Waals surface area contributed by atoms with Gasteiger partial charge in [-0.05, 0) is 36.0 Å². The standard InChI is InChI=1S/C13H17NO/c1-10-3-5-15-13(6-10)7-11-2-4-14-9-12(11)8-13/h2,4,9-10H,3,5-8H2,1H3. The molecule has 2 unspecified atom stereocenters. The molecule has 1 spiro atoms. The Labute approximate surface area is 90.7 Å². The van der Waals surface area contributed by atoms with Crippen molar-refractivity contribution in [1.82, 2.24) is 4.98 Å². The van der Waals surface area contributed by atoms with E-state index in [4.69, 9.17) is 4.74 Å². The summed E-state index contributed by atoms with van der Waals surface area (Å²) in [6.07, 6.45) is 8.49. The zero-order valence-corrected chi connectivity index (χ0v) is 9.20. The van der Waals surface area contributed by atoms with E-state index in [0.717, 1.165) is 25.4 Å². The van der Waals surface area contributed by atoms with E-state index in [1.165, 1.54) is 24.0 Å².